The van der Waals surface area contributed by atoms with Crippen molar-refractivity contribution in [1.82, 2.24) is 9.88 Å². The number of ether oxygens (including phenoxy) is 2. The summed E-state index contributed by atoms with van der Waals surface area (Å²) in [6.45, 7) is 8.37. The second kappa shape index (κ2) is 7.73. The second-order valence-electron chi connectivity index (χ2n) is 5.68. The van der Waals surface area contributed by atoms with Crippen LogP contribution in [0.15, 0.2) is 6.20 Å². The Kier molecular flexibility index (Phi) is 5.96. The van der Waals surface area contributed by atoms with Crippen molar-refractivity contribution < 1.29 is 9.47 Å². The normalized spacial score (nSPS) is 17.1. The third kappa shape index (κ3) is 4.15. The monoisotopic (exact) mass is 293 g/mol. The summed E-state index contributed by atoms with van der Waals surface area (Å²) in [5.41, 5.74) is 8.83. The summed E-state index contributed by atoms with van der Waals surface area (Å²) in [5.74, 6) is 0.959. The number of nitrogens with two attached hydrogens (primary N) is 1. The number of piperidine rings is 1. The molecule has 0 atom stereocenters. The Hall–Kier alpha value is -1.17. The van der Waals surface area contributed by atoms with E-state index in [-0.39, 0.29) is 0 Å². The standard InChI is InChI=1S/C16H27N3O2/c1-12-10-18-15(13(2)16(12)20-3)11-19-7-4-14(5-8-19)21-9-6-17/h10,14H,4-9,11,17H2,1-3H3. The van der Waals surface area contributed by atoms with Gasteiger partial charge < -0.3 is 15.2 Å². The second-order valence-corrected chi connectivity index (χ2v) is 5.68. The molecule has 2 heterocycles. The van der Waals surface area contributed by atoms with Gasteiger partial charge in [0.1, 0.15) is 5.75 Å². The first-order valence-corrected chi connectivity index (χ1v) is 7.68. The van der Waals surface area contributed by atoms with Crippen molar-refractivity contribution in [2.24, 2.45) is 5.73 Å². The molecule has 0 bridgehead atoms. The van der Waals surface area contributed by atoms with E-state index >= 15 is 0 Å². The van der Waals surface area contributed by atoms with Crippen molar-refractivity contribution in [3.8, 4) is 5.75 Å². The number of nitrogens with zero attached hydrogens (tertiary/aromatic N) is 2. The molecule has 1 aromatic rings. The predicted molar refractivity (Wildman–Crippen MR) is 83.6 cm³/mol. The molecule has 1 saturated heterocycles. The average molecular weight is 293 g/mol. The van der Waals surface area contributed by atoms with Crippen molar-refractivity contribution in [3.63, 3.8) is 0 Å². The largest absolute Gasteiger partial charge is 0.496 e. The van der Waals surface area contributed by atoms with Crippen LogP contribution in [-0.4, -0.2) is 49.3 Å². The van der Waals surface area contributed by atoms with E-state index in [4.69, 9.17) is 15.2 Å². The number of rotatable bonds is 6. The van der Waals surface area contributed by atoms with Crippen LogP contribution >= 0.6 is 0 Å². The number of hydrogen-bond acceptors (Lipinski definition) is 5. The van der Waals surface area contributed by atoms with Crippen LogP contribution in [0.3, 0.4) is 0 Å². The molecule has 5 heteroatoms. The molecule has 1 aliphatic rings. The summed E-state index contributed by atoms with van der Waals surface area (Å²) < 4.78 is 11.2. The summed E-state index contributed by atoms with van der Waals surface area (Å²) in [6, 6.07) is 0. The first-order chi connectivity index (χ1) is 10.2. The van der Waals surface area contributed by atoms with Crippen molar-refractivity contribution >= 4 is 0 Å². The van der Waals surface area contributed by atoms with Crippen LogP contribution in [0.1, 0.15) is 29.7 Å². The third-order valence-corrected chi connectivity index (χ3v) is 4.13. The van der Waals surface area contributed by atoms with Crippen LogP contribution in [0.4, 0.5) is 0 Å². The van der Waals surface area contributed by atoms with Gasteiger partial charge in [-0.1, -0.05) is 0 Å². The zero-order valence-electron chi connectivity index (χ0n) is 13.4. The number of aromatic nitrogens is 1. The van der Waals surface area contributed by atoms with Gasteiger partial charge in [-0.3, -0.25) is 9.88 Å². The van der Waals surface area contributed by atoms with E-state index in [1.807, 2.05) is 13.1 Å². The lowest BCUT2D eigenvalue weighted by atomic mass is 10.1. The highest BCUT2D eigenvalue weighted by atomic mass is 16.5. The van der Waals surface area contributed by atoms with Gasteiger partial charge in [0.05, 0.1) is 25.5 Å². The molecule has 2 N–H and O–H groups in total. The van der Waals surface area contributed by atoms with E-state index in [1.165, 1.54) is 0 Å². The van der Waals surface area contributed by atoms with Crippen molar-refractivity contribution in [2.75, 3.05) is 33.4 Å². The molecule has 0 unspecified atom stereocenters. The van der Waals surface area contributed by atoms with Gasteiger partial charge in [-0.15, -0.1) is 0 Å². The van der Waals surface area contributed by atoms with E-state index in [2.05, 4.69) is 16.8 Å². The van der Waals surface area contributed by atoms with Crippen molar-refractivity contribution in [3.05, 3.63) is 23.0 Å². The molecule has 5 nitrogen and oxygen atoms in total. The van der Waals surface area contributed by atoms with Gasteiger partial charge in [-0.2, -0.15) is 0 Å². The van der Waals surface area contributed by atoms with Crippen LogP contribution in [0.2, 0.25) is 0 Å². The molecule has 0 spiro atoms. The van der Waals surface area contributed by atoms with E-state index < -0.39 is 0 Å². The summed E-state index contributed by atoms with van der Waals surface area (Å²) in [6.07, 6.45) is 4.41. The van der Waals surface area contributed by atoms with Gasteiger partial charge in [0.15, 0.2) is 0 Å². The lowest BCUT2D eigenvalue weighted by molar-refractivity contribution is 0.00950. The SMILES string of the molecule is COc1c(C)cnc(CN2CCC(OCCN)CC2)c1C. The summed E-state index contributed by atoms with van der Waals surface area (Å²) in [7, 11) is 1.72. The molecule has 1 fully saturated rings. The van der Waals surface area contributed by atoms with Gasteiger partial charge in [0.25, 0.3) is 0 Å². The third-order valence-electron chi connectivity index (χ3n) is 4.13. The molecule has 21 heavy (non-hydrogen) atoms. The number of hydrogen-bond donors (Lipinski definition) is 1. The number of likely N-dealkylation sites (tertiary alicyclic amines) is 1. The maximum atomic E-state index is 5.72. The van der Waals surface area contributed by atoms with Crippen molar-refractivity contribution in [1.29, 1.82) is 0 Å². The van der Waals surface area contributed by atoms with Gasteiger partial charge >= 0.3 is 0 Å². The minimum atomic E-state index is 0.367. The maximum Gasteiger partial charge on any atom is 0.128 e. The molecule has 0 saturated carbocycles. The first-order valence-electron chi connectivity index (χ1n) is 7.68. The maximum absolute atomic E-state index is 5.72. The number of aryl methyl sites for hydroxylation is 1. The number of pyridine rings is 1. The minimum Gasteiger partial charge on any atom is -0.496 e. The Balaban J connectivity index is 1.92. The van der Waals surface area contributed by atoms with E-state index in [0.717, 1.165) is 55.0 Å². The Bertz CT molecular complexity index is 457. The Morgan fingerprint density at radius 1 is 1.33 bits per heavy atom. The summed E-state index contributed by atoms with van der Waals surface area (Å²) in [5, 5.41) is 0. The topological polar surface area (TPSA) is 60.6 Å². The molecule has 1 aromatic heterocycles. The van der Waals surface area contributed by atoms with Crippen LogP contribution in [0.25, 0.3) is 0 Å². The fourth-order valence-corrected chi connectivity index (χ4v) is 2.91. The molecular formula is C16H27N3O2. The van der Waals surface area contributed by atoms with Gasteiger partial charge in [-0.25, -0.2) is 0 Å². The fourth-order valence-electron chi connectivity index (χ4n) is 2.91. The Morgan fingerprint density at radius 3 is 2.67 bits per heavy atom. The highest BCUT2D eigenvalue weighted by molar-refractivity contribution is 5.41. The van der Waals surface area contributed by atoms with Crippen LogP contribution < -0.4 is 10.5 Å². The smallest absolute Gasteiger partial charge is 0.128 e. The molecule has 1 aliphatic heterocycles. The molecule has 2 rings (SSSR count). The zero-order valence-corrected chi connectivity index (χ0v) is 13.4. The fraction of sp³-hybridized carbons (Fsp3) is 0.688. The van der Waals surface area contributed by atoms with E-state index in [9.17, 15) is 0 Å². The van der Waals surface area contributed by atoms with Crippen LogP contribution in [0.5, 0.6) is 5.75 Å². The van der Waals surface area contributed by atoms with E-state index in [0.29, 0.717) is 19.3 Å². The molecule has 118 valence electrons. The van der Waals surface area contributed by atoms with Gasteiger partial charge in [0.2, 0.25) is 0 Å². The van der Waals surface area contributed by atoms with Crippen molar-refractivity contribution in [2.45, 2.75) is 39.3 Å². The quantitative estimate of drug-likeness (QED) is 0.864. The molecule has 0 aromatic carbocycles. The number of methoxy groups -OCH3 is 1. The minimum absolute atomic E-state index is 0.367. The molecule has 0 aliphatic carbocycles. The molecule has 0 radical (unpaired) electrons. The lowest BCUT2D eigenvalue weighted by Crippen LogP contribution is -2.37. The zero-order chi connectivity index (χ0) is 15.2. The lowest BCUT2D eigenvalue weighted by Gasteiger charge is -2.32. The van der Waals surface area contributed by atoms with E-state index in [1.54, 1.807) is 7.11 Å². The summed E-state index contributed by atoms with van der Waals surface area (Å²) in [4.78, 5) is 7.02. The van der Waals surface area contributed by atoms with Crippen LogP contribution in [-0.2, 0) is 11.3 Å². The average Bonchev–Trinajstić information content (AvgIpc) is 2.50. The van der Waals surface area contributed by atoms with Crippen LogP contribution in [0, 0.1) is 13.8 Å². The highest BCUT2D eigenvalue weighted by Crippen LogP contribution is 2.25. The Labute approximate surface area is 127 Å². The first kappa shape index (κ1) is 16.2. The van der Waals surface area contributed by atoms with Gasteiger partial charge in [-0.05, 0) is 26.7 Å². The highest BCUT2D eigenvalue weighted by Gasteiger charge is 2.21. The predicted octanol–water partition coefficient (Wildman–Crippen LogP) is 1.65. The summed E-state index contributed by atoms with van der Waals surface area (Å²) >= 11 is 0. The van der Waals surface area contributed by atoms with Gasteiger partial charge in [0, 0.05) is 43.5 Å². The Morgan fingerprint density at radius 2 is 2.05 bits per heavy atom. The molecular weight excluding hydrogens is 266 g/mol. The molecule has 0 amide bonds.